The van der Waals surface area contributed by atoms with E-state index >= 15 is 0 Å². The first kappa shape index (κ1) is 25.5. The second kappa shape index (κ2) is 11.3. The molecule has 1 aromatic carbocycles. The van der Waals surface area contributed by atoms with E-state index in [1.807, 2.05) is 27.7 Å². The van der Waals surface area contributed by atoms with Crippen LogP contribution in [0.4, 0.5) is 11.6 Å². The second-order valence-corrected chi connectivity index (χ2v) is 9.23. The summed E-state index contributed by atoms with van der Waals surface area (Å²) in [4.78, 5) is 32.9. The molecule has 0 bridgehead atoms. The van der Waals surface area contributed by atoms with Gasteiger partial charge in [-0.15, -0.1) is 0 Å². The van der Waals surface area contributed by atoms with Crippen LogP contribution in [-0.4, -0.2) is 54.4 Å². The van der Waals surface area contributed by atoms with Crippen molar-refractivity contribution in [3.8, 4) is 5.75 Å². The number of nitrogen functional groups attached to an aromatic ring is 1. The molecular weight excluding hydrogens is 465 g/mol. The molecule has 0 fully saturated rings. The van der Waals surface area contributed by atoms with Gasteiger partial charge >= 0.3 is 8.53 Å². The number of anilines is 1. The molecule has 0 aliphatic heterocycles. The van der Waals surface area contributed by atoms with Crippen LogP contribution >= 0.6 is 8.53 Å². The lowest BCUT2D eigenvalue weighted by Crippen LogP contribution is -2.34. The maximum Gasteiger partial charge on any atom is 0.321 e. The van der Waals surface area contributed by atoms with Gasteiger partial charge < -0.3 is 19.5 Å². The second-order valence-electron chi connectivity index (χ2n) is 7.86. The van der Waals surface area contributed by atoms with Crippen LogP contribution in [0.3, 0.4) is 0 Å². The fourth-order valence-electron chi connectivity index (χ4n) is 3.23. The molecule has 0 radical (unpaired) electrons. The van der Waals surface area contributed by atoms with E-state index in [9.17, 15) is 14.9 Å². The third kappa shape index (κ3) is 6.26. The Morgan fingerprint density at radius 2 is 1.88 bits per heavy atom. The van der Waals surface area contributed by atoms with E-state index in [2.05, 4.69) is 19.6 Å². The highest BCUT2D eigenvalue weighted by Gasteiger charge is 2.28. The van der Waals surface area contributed by atoms with E-state index < -0.39 is 19.0 Å². The van der Waals surface area contributed by atoms with Crippen LogP contribution in [-0.2, 0) is 16.0 Å². The number of aromatic nitrogens is 4. The van der Waals surface area contributed by atoms with Gasteiger partial charge in [0.25, 0.3) is 11.2 Å². The molecular formula is C20H28N7O6P. The Balaban J connectivity index is 1.61. The number of aromatic amines is 1. The number of non-ortho nitro benzene ring substituents is 1. The van der Waals surface area contributed by atoms with Crippen LogP contribution in [0.15, 0.2) is 35.4 Å². The first-order valence-corrected chi connectivity index (χ1v) is 11.7. The SMILES string of the molecule is CC(C)N(C(C)C)P(OCCOCn1cnc2c(=O)[nH]c(N)nc21)Oc1ccc([N+](=O)[O-])cc1. The molecule has 14 heteroatoms. The topological polar surface area (TPSA) is 164 Å². The molecule has 2 heterocycles. The molecule has 184 valence electrons. The average Bonchev–Trinajstić information content (AvgIpc) is 3.16. The minimum absolute atomic E-state index is 0.000852. The third-order valence-electron chi connectivity index (χ3n) is 4.63. The lowest BCUT2D eigenvalue weighted by Gasteiger charge is -2.35. The molecule has 0 aliphatic carbocycles. The van der Waals surface area contributed by atoms with E-state index in [0.717, 1.165) is 0 Å². The van der Waals surface area contributed by atoms with Crippen molar-refractivity contribution in [1.29, 1.82) is 0 Å². The molecule has 0 aliphatic rings. The molecule has 3 rings (SSSR count). The van der Waals surface area contributed by atoms with E-state index in [0.29, 0.717) is 11.4 Å². The van der Waals surface area contributed by atoms with Crippen molar-refractivity contribution in [2.45, 2.75) is 46.5 Å². The van der Waals surface area contributed by atoms with Crippen molar-refractivity contribution in [2.24, 2.45) is 0 Å². The molecule has 34 heavy (non-hydrogen) atoms. The smallest absolute Gasteiger partial charge is 0.321 e. The highest BCUT2D eigenvalue weighted by atomic mass is 31.2. The van der Waals surface area contributed by atoms with Crippen LogP contribution in [0, 0.1) is 10.1 Å². The summed E-state index contributed by atoms with van der Waals surface area (Å²) in [7, 11) is -1.51. The summed E-state index contributed by atoms with van der Waals surface area (Å²) in [6, 6.07) is 6.16. The van der Waals surface area contributed by atoms with Crippen LogP contribution in [0.25, 0.3) is 11.2 Å². The molecule has 0 amide bonds. The number of imidazole rings is 1. The van der Waals surface area contributed by atoms with E-state index in [1.165, 1.54) is 18.5 Å². The summed E-state index contributed by atoms with van der Waals surface area (Å²) < 4.78 is 21.5. The zero-order valence-corrected chi connectivity index (χ0v) is 20.3. The Bertz CT molecular complexity index is 1160. The predicted octanol–water partition coefficient (Wildman–Crippen LogP) is 3.03. The number of H-pyrrole nitrogens is 1. The number of ether oxygens (including phenoxy) is 1. The lowest BCUT2D eigenvalue weighted by atomic mass is 10.3. The van der Waals surface area contributed by atoms with Crippen molar-refractivity contribution >= 4 is 31.3 Å². The van der Waals surface area contributed by atoms with Crippen molar-refractivity contribution in [3.05, 3.63) is 51.1 Å². The van der Waals surface area contributed by atoms with Crippen molar-refractivity contribution in [1.82, 2.24) is 24.2 Å². The Labute approximate surface area is 197 Å². The minimum Gasteiger partial charge on any atom is -0.436 e. The molecule has 1 unspecified atom stereocenters. The minimum atomic E-state index is -1.51. The van der Waals surface area contributed by atoms with Crippen LogP contribution < -0.4 is 15.8 Å². The number of nitrogens with two attached hydrogens (primary N) is 1. The molecule has 0 saturated carbocycles. The number of benzene rings is 1. The average molecular weight is 493 g/mol. The fourth-order valence-corrected chi connectivity index (χ4v) is 4.80. The van der Waals surface area contributed by atoms with Gasteiger partial charge in [0.05, 0.1) is 24.5 Å². The molecule has 1 atom stereocenters. The fraction of sp³-hybridized carbons (Fsp3) is 0.450. The van der Waals surface area contributed by atoms with Gasteiger partial charge in [-0.3, -0.25) is 24.5 Å². The number of hydrogen-bond donors (Lipinski definition) is 2. The predicted molar refractivity (Wildman–Crippen MR) is 127 cm³/mol. The Morgan fingerprint density at radius 3 is 2.50 bits per heavy atom. The van der Waals surface area contributed by atoms with Gasteiger partial charge in [-0.1, -0.05) is 0 Å². The number of nitrogens with one attached hydrogen (secondary N) is 1. The number of rotatable bonds is 12. The largest absolute Gasteiger partial charge is 0.436 e. The van der Waals surface area contributed by atoms with Gasteiger partial charge in [0.15, 0.2) is 11.2 Å². The number of nitrogens with zero attached hydrogens (tertiary/aromatic N) is 5. The van der Waals surface area contributed by atoms with Crippen LogP contribution in [0.2, 0.25) is 0 Å². The van der Waals surface area contributed by atoms with Crippen molar-refractivity contribution in [3.63, 3.8) is 0 Å². The van der Waals surface area contributed by atoms with Gasteiger partial charge in [0.2, 0.25) is 5.95 Å². The zero-order valence-electron chi connectivity index (χ0n) is 19.4. The molecule has 3 aromatic rings. The maximum absolute atomic E-state index is 11.9. The van der Waals surface area contributed by atoms with E-state index in [4.69, 9.17) is 19.5 Å². The van der Waals surface area contributed by atoms with Gasteiger partial charge in [-0.25, -0.2) is 9.65 Å². The summed E-state index contributed by atoms with van der Waals surface area (Å²) in [5.41, 5.74) is 5.69. The molecule has 2 aromatic heterocycles. The van der Waals surface area contributed by atoms with Crippen LogP contribution in [0.5, 0.6) is 5.75 Å². The number of nitro benzene ring substituents is 1. The summed E-state index contributed by atoms with van der Waals surface area (Å²) in [5, 5.41) is 10.9. The number of nitro groups is 1. The van der Waals surface area contributed by atoms with Gasteiger partial charge in [0.1, 0.15) is 12.5 Å². The molecule has 0 saturated heterocycles. The summed E-state index contributed by atoms with van der Waals surface area (Å²) in [6.45, 7) is 8.74. The van der Waals surface area contributed by atoms with E-state index in [1.54, 1.807) is 16.7 Å². The normalized spacial score (nSPS) is 12.7. The lowest BCUT2D eigenvalue weighted by molar-refractivity contribution is -0.384. The standard InChI is InChI=1S/C20H28N7O6P/c1-13(2)26(14(3)4)34(33-16-7-5-15(6-8-16)27(29)30)32-10-9-31-12-25-11-22-17-18(25)23-20(21)24-19(17)28/h5-8,11,13-14H,9-10,12H2,1-4H3,(H3,21,23,24,28). The monoisotopic (exact) mass is 493 g/mol. The maximum atomic E-state index is 11.9. The van der Waals surface area contributed by atoms with Crippen molar-refractivity contribution < 1.29 is 18.7 Å². The summed E-state index contributed by atoms with van der Waals surface area (Å²) in [6.07, 6.45) is 1.46. The van der Waals surface area contributed by atoms with Gasteiger partial charge in [-0.2, -0.15) is 4.98 Å². The van der Waals surface area contributed by atoms with Gasteiger partial charge in [0, 0.05) is 24.2 Å². The molecule has 3 N–H and O–H groups in total. The Kier molecular flexibility index (Phi) is 8.51. The van der Waals surface area contributed by atoms with Crippen LogP contribution in [0.1, 0.15) is 27.7 Å². The van der Waals surface area contributed by atoms with Gasteiger partial charge in [-0.05, 0) is 39.8 Å². The highest BCUT2D eigenvalue weighted by molar-refractivity contribution is 7.45. The summed E-state index contributed by atoms with van der Waals surface area (Å²) in [5.74, 6) is 0.474. The molecule has 0 spiro atoms. The molecule has 13 nitrogen and oxygen atoms in total. The third-order valence-corrected chi connectivity index (χ3v) is 6.70. The Hall–Kier alpha value is -3.12. The highest BCUT2D eigenvalue weighted by Crippen LogP contribution is 2.46. The quantitative estimate of drug-likeness (QED) is 0.166. The van der Waals surface area contributed by atoms with E-state index in [-0.39, 0.29) is 49.2 Å². The zero-order chi connectivity index (χ0) is 24.8. The Morgan fingerprint density at radius 1 is 1.21 bits per heavy atom. The van der Waals surface area contributed by atoms with Crippen molar-refractivity contribution in [2.75, 3.05) is 18.9 Å². The first-order chi connectivity index (χ1) is 16.2. The number of hydrogen-bond acceptors (Lipinski definition) is 10. The summed E-state index contributed by atoms with van der Waals surface area (Å²) >= 11 is 0. The first-order valence-electron chi connectivity index (χ1n) is 10.6. The number of fused-ring (bicyclic) bond motifs is 1.